The van der Waals surface area contributed by atoms with E-state index in [0.717, 1.165) is 0 Å². The summed E-state index contributed by atoms with van der Waals surface area (Å²) in [6.45, 7) is -7.35. The monoisotopic (exact) mass is 656 g/mol. The average molecular weight is 657 g/mol. The fourth-order valence-electron chi connectivity index (χ4n) is 5.66. The van der Waals surface area contributed by atoms with Crippen LogP contribution in [0.4, 0.5) is 11.6 Å². The molecule has 2 unspecified atom stereocenters. The van der Waals surface area contributed by atoms with E-state index < -0.39 is 31.9 Å². The molecule has 1 saturated carbocycles. The van der Waals surface area contributed by atoms with Crippen molar-refractivity contribution in [2.24, 2.45) is 11.8 Å². The summed E-state index contributed by atoms with van der Waals surface area (Å²) < 4.78 is 33.1. The maximum atomic E-state index is 11.1. The van der Waals surface area contributed by atoms with Crippen molar-refractivity contribution in [3.05, 3.63) is 25.3 Å². The number of ether oxygens (including phenoxy) is 1. The number of nitrogen functional groups attached to an aromatic ring is 2. The van der Waals surface area contributed by atoms with Crippen LogP contribution in [0, 0.1) is 11.8 Å². The lowest BCUT2D eigenvalue weighted by Gasteiger charge is -2.45. The van der Waals surface area contributed by atoms with Gasteiger partial charge in [0.1, 0.15) is 29.8 Å². The molecule has 0 aromatic carbocycles. The van der Waals surface area contributed by atoms with Crippen LogP contribution in [0.3, 0.4) is 0 Å². The molecular weight excluding hydrogens is 630 g/mol. The molecule has 17 nitrogen and oxygen atoms in total. The molecule has 3 aliphatic rings. The van der Waals surface area contributed by atoms with Crippen LogP contribution in [0.2, 0.25) is 0 Å². The van der Waals surface area contributed by atoms with Crippen molar-refractivity contribution >= 4 is 71.0 Å². The molecule has 2 bridgehead atoms. The van der Waals surface area contributed by atoms with Crippen molar-refractivity contribution in [2.45, 2.75) is 37.3 Å². The van der Waals surface area contributed by atoms with E-state index in [1.54, 1.807) is 10.9 Å². The van der Waals surface area contributed by atoms with Crippen LogP contribution < -0.4 is 11.5 Å². The van der Waals surface area contributed by atoms with Crippen LogP contribution in [-0.4, -0.2) is 80.9 Å². The molecule has 7 rings (SSSR count). The van der Waals surface area contributed by atoms with Crippen LogP contribution in [-0.2, 0) is 46.4 Å². The second kappa shape index (κ2) is 10.7. The third-order valence-electron chi connectivity index (χ3n) is 7.77. The number of fused-ring (bicyclic) bond motifs is 5. The third kappa shape index (κ3) is 5.22. The highest BCUT2D eigenvalue weighted by atomic mass is 32.5. The molecule has 6 N–H and O–H groups in total. The molecule has 1 aliphatic carbocycles. The van der Waals surface area contributed by atoms with Gasteiger partial charge in [-0.25, -0.2) is 29.9 Å². The third-order valence-corrected chi connectivity index (χ3v) is 10.9. The number of hydrogen-bond donors (Lipinski definition) is 4. The summed E-state index contributed by atoms with van der Waals surface area (Å²) in [4.78, 5) is 47.2. The van der Waals surface area contributed by atoms with Crippen LogP contribution in [0.5, 0.6) is 0 Å². The Morgan fingerprint density at radius 1 is 0.786 bits per heavy atom. The predicted molar refractivity (Wildman–Crippen MR) is 154 cm³/mol. The average Bonchev–Trinajstić information content (AvgIpc) is 3.64. The van der Waals surface area contributed by atoms with Crippen molar-refractivity contribution in [1.82, 2.24) is 39.0 Å². The molecule has 2 aliphatic heterocycles. The topological polar surface area (TPSA) is 226 Å². The standard InChI is InChI=1S/C21H26N10O7P2S2/c22-17-15-19(26-6-24-17)30(8-28-15)13-1-10-3-34-40(33,42)38-14-2-11(4-35-39(32,41)36-5-12(10)13)37-21(14)31-9-29-16-18(23)25-7-27-20(16)31/h6-14,21H,1-5H2,(H,32,41)(H,33,42)(H2,22,24,26)(H2,23,25,27)/t10-,11+,12-,13-,14-,21-,39?,40?/m1/s1. The summed E-state index contributed by atoms with van der Waals surface area (Å²) in [5.74, 6) is 0.141. The molecule has 8 atom stereocenters. The zero-order valence-electron chi connectivity index (χ0n) is 21.7. The fourth-order valence-corrected chi connectivity index (χ4v) is 8.30. The second-order valence-electron chi connectivity index (χ2n) is 10.2. The lowest BCUT2D eigenvalue weighted by Crippen LogP contribution is -2.43. The normalized spacial score (nSPS) is 36.0. The zero-order valence-corrected chi connectivity index (χ0v) is 25.1. The highest BCUT2D eigenvalue weighted by Crippen LogP contribution is 2.55. The van der Waals surface area contributed by atoms with Gasteiger partial charge in [0.05, 0.1) is 38.6 Å². The molecule has 4 aromatic heterocycles. The van der Waals surface area contributed by atoms with Crippen molar-refractivity contribution < 1.29 is 32.6 Å². The zero-order chi connectivity index (χ0) is 29.2. The molecule has 0 amide bonds. The molecule has 0 radical (unpaired) electrons. The number of aromatic nitrogens is 8. The highest BCUT2D eigenvalue weighted by Gasteiger charge is 2.47. The van der Waals surface area contributed by atoms with Crippen LogP contribution in [0.25, 0.3) is 22.3 Å². The van der Waals surface area contributed by atoms with Gasteiger partial charge in [-0.3, -0.25) is 4.57 Å². The largest absolute Gasteiger partial charge is 0.382 e. The highest BCUT2D eigenvalue weighted by molar-refractivity contribution is 8.07. The lowest BCUT2D eigenvalue weighted by atomic mass is 9.70. The van der Waals surface area contributed by atoms with Crippen LogP contribution >= 0.6 is 13.4 Å². The minimum atomic E-state index is -3.74. The van der Waals surface area contributed by atoms with Gasteiger partial charge < -0.3 is 48.7 Å². The maximum Gasteiger partial charge on any atom is 0.324 e. The molecule has 3 fully saturated rings. The predicted octanol–water partition coefficient (Wildman–Crippen LogP) is 1.18. The van der Waals surface area contributed by atoms with E-state index in [0.29, 0.717) is 28.7 Å². The lowest BCUT2D eigenvalue weighted by molar-refractivity contribution is -0.0447. The van der Waals surface area contributed by atoms with Gasteiger partial charge in [-0.15, -0.1) is 0 Å². The number of anilines is 2. The molecule has 2 saturated heterocycles. The Kier molecular flexibility index (Phi) is 7.26. The summed E-state index contributed by atoms with van der Waals surface area (Å²) in [6.07, 6.45) is 4.50. The van der Waals surface area contributed by atoms with Gasteiger partial charge in [0.2, 0.25) is 0 Å². The van der Waals surface area contributed by atoms with Gasteiger partial charge in [-0.1, -0.05) is 0 Å². The van der Waals surface area contributed by atoms with Gasteiger partial charge in [0, 0.05) is 18.4 Å². The summed E-state index contributed by atoms with van der Waals surface area (Å²) in [5.41, 5.74) is 13.8. The van der Waals surface area contributed by atoms with E-state index in [4.69, 9.17) is 57.9 Å². The smallest absolute Gasteiger partial charge is 0.324 e. The van der Waals surface area contributed by atoms with Crippen molar-refractivity contribution in [3.63, 3.8) is 0 Å². The van der Waals surface area contributed by atoms with E-state index in [-0.39, 0.29) is 55.8 Å². The Balaban J connectivity index is 1.15. The van der Waals surface area contributed by atoms with Gasteiger partial charge >= 0.3 is 13.4 Å². The van der Waals surface area contributed by atoms with Gasteiger partial charge in [-0.2, -0.15) is 0 Å². The first kappa shape index (κ1) is 28.5. The Morgan fingerprint density at radius 2 is 1.40 bits per heavy atom. The van der Waals surface area contributed by atoms with Gasteiger partial charge in [0.25, 0.3) is 0 Å². The molecule has 224 valence electrons. The molecule has 0 spiro atoms. The molecule has 42 heavy (non-hydrogen) atoms. The molecular formula is C21H26N10O7P2S2. The number of hydrogen-bond acceptors (Lipinski definition) is 15. The fraction of sp³-hybridized carbons (Fsp3) is 0.524. The first-order chi connectivity index (χ1) is 20.1. The first-order valence-corrected chi connectivity index (χ1v) is 18.1. The van der Waals surface area contributed by atoms with E-state index in [2.05, 4.69) is 29.9 Å². The molecule has 21 heteroatoms. The van der Waals surface area contributed by atoms with Gasteiger partial charge in [0.15, 0.2) is 29.2 Å². The van der Waals surface area contributed by atoms with E-state index in [9.17, 15) is 9.79 Å². The van der Waals surface area contributed by atoms with Gasteiger partial charge in [-0.05, 0) is 36.0 Å². The SMILES string of the molecule is Nc1ncnc2c1ncn2[C@@H]1C[C@@H]2COP(O)(=S)O[C@@H]3C[C@@H](COP(O)(=S)OC[C@H]21)O[C@H]3n1cnc2c(N)ncnc21. The number of imidazole rings is 2. The molecule has 6 heterocycles. The summed E-state index contributed by atoms with van der Waals surface area (Å²) in [5, 5.41) is 0. The number of rotatable bonds is 2. The van der Waals surface area contributed by atoms with Crippen molar-refractivity contribution in [3.8, 4) is 0 Å². The summed E-state index contributed by atoms with van der Waals surface area (Å²) in [6, 6.07) is -0.133. The Labute approximate surface area is 248 Å². The minimum absolute atomic E-state index is 0.0563. The Hall–Kier alpha value is -2.28. The Bertz CT molecular complexity index is 1760. The van der Waals surface area contributed by atoms with E-state index in [1.807, 2.05) is 4.57 Å². The van der Waals surface area contributed by atoms with Crippen LogP contribution in [0.15, 0.2) is 25.3 Å². The molecule has 4 aromatic rings. The van der Waals surface area contributed by atoms with Crippen molar-refractivity contribution in [1.29, 1.82) is 0 Å². The quantitative estimate of drug-likeness (QED) is 0.222. The number of nitrogens with zero attached hydrogens (tertiary/aromatic N) is 8. The maximum absolute atomic E-state index is 11.1. The summed E-state index contributed by atoms with van der Waals surface area (Å²) >= 11 is 10.7. The Morgan fingerprint density at radius 3 is 2.12 bits per heavy atom. The second-order valence-corrected chi connectivity index (χ2v) is 15.9. The van der Waals surface area contributed by atoms with E-state index >= 15 is 0 Å². The minimum Gasteiger partial charge on any atom is -0.382 e. The number of nitrogens with two attached hydrogens (primary N) is 2. The van der Waals surface area contributed by atoms with Crippen LogP contribution in [0.1, 0.15) is 25.1 Å². The van der Waals surface area contributed by atoms with Crippen molar-refractivity contribution in [2.75, 3.05) is 31.3 Å². The summed E-state index contributed by atoms with van der Waals surface area (Å²) in [7, 11) is 0. The first-order valence-electron chi connectivity index (χ1n) is 12.9. The van der Waals surface area contributed by atoms with E-state index in [1.165, 1.54) is 19.0 Å².